The fraction of sp³-hybridized carbons (Fsp3) is 0.745. The van der Waals surface area contributed by atoms with Crippen LogP contribution in [0.4, 0.5) is 0 Å². The Bertz CT molecular complexity index is 2550. The predicted octanol–water partition coefficient (Wildman–Crippen LogP) is 0.584. The summed E-state index contributed by atoms with van der Waals surface area (Å²) in [6, 6.07) is 4.14. The molecule has 2 aromatic rings. The first-order valence-corrected chi connectivity index (χ1v) is 27.4. The number of carbonyl (C=O) groups is 4. The fourth-order valence-electron chi connectivity index (χ4n) is 11.9. The molecule has 0 radical (unpaired) electrons. The molecular formula is C55H78O26. The minimum absolute atomic E-state index is 0.0246. The number of phenols is 2. The number of ether oxygens (including phenoxy) is 13. The van der Waals surface area contributed by atoms with Crippen molar-refractivity contribution in [2.45, 2.75) is 248 Å². The van der Waals surface area contributed by atoms with Crippen LogP contribution in [0.2, 0.25) is 0 Å². The molecule has 5 fully saturated rings. The van der Waals surface area contributed by atoms with Crippen molar-refractivity contribution in [1.29, 1.82) is 0 Å². The molecule has 8 rings (SSSR count). The lowest BCUT2D eigenvalue weighted by atomic mass is 9.75. The molecule has 5 saturated heterocycles. The van der Waals surface area contributed by atoms with E-state index in [4.69, 9.17) is 61.6 Å². The zero-order valence-corrected chi connectivity index (χ0v) is 46.8. The van der Waals surface area contributed by atoms with Gasteiger partial charge in [0.1, 0.15) is 71.7 Å². The van der Waals surface area contributed by atoms with Gasteiger partial charge in [-0.1, -0.05) is 0 Å². The minimum Gasteiger partial charge on any atom is -0.507 e. The Morgan fingerprint density at radius 2 is 1.22 bits per heavy atom. The van der Waals surface area contributed by atoms with Crippen LogP contribution in [0, 0.1) is 5.92 Å². The summed E-state index contributed by atoms with van der Waals surface area (Å²) in [5.74, 6) is -5.53. The average Bonchev–Trinajstić information content (AvgIpc) is 3.50. The van der Waals surface area contributed by atoms with Crippen molar-refractivity contribution in [3.05, 3.63) is 29.3 Å². The number of hydrogen-bond acceptors (Lipinski definition) is 26. The largest absolute Gasteiger partial charge is 0.507 e. The first-order valence-electron chi connectivity index (χ1n) is 27.4. The van der Waals surface area contributed by atoms with E-state index < -0.39 is 188 Å². The number of aliphatic hydroxyl groups excluding tert-OH is 6. The Labute approximate surface area is 467 Å². The molecule has 5 aliphatic heterocycles. The second-order valence-corrected chi connectivity index (χ2v) is 22.5. The number of esters is 2. The summed E-state index contributed by atoms with van der Waals surface area (Å²) in [5, 5.41) is 99.1. The Kier molecular flexibility index (Phi) is 19.8. The van der Waals surface area contributed by atoms with Crippen LogP contribution >= 0.6 is 0 Å². The van der Waals surface area contributed by atoms with E-state index in [0.29, 0.717) is 0 Å². The molecule has 1 aliphatic carbocycles. The second kappa shape index (κ2) is 25.5. The highest BCUT2D eigenvalue weighted by molar-refractivity contribution is 6.11. The Balaban J connectivity index is 1.02. The fourth-order valence-corrected chi connectivity index (χ4v) is 11.9. The monoisotopic (exact) mass is 1150 g/mol. The SMILES string of the molecule is CO[C@H](C(=O)[C@@H](O)[C@@H](C)O)[C@@H]1Cc2cc3cc(OC4CC(OC(C)=O)C(OC5CC(O)C(O)C(C)O5)C(C)O4)cc(O)c3c(O)c2C(=O)[C@H]1OC1CC(OC2CC(OC3CC(C)(O)C(OC(C)=O)C(C)O3)C(O)C(C)O2)C(O)C(C)O1. The van der Waals surface area contributed by atoms with Crippen LogP contribution in [0.1, 0.15) is 110 Å². The lowest BCUT2D eigenvalue weighted by molar-refractivity contribution is -0.334. The average molecular weight is 1160 g/mol. The lowest BCUT2D eigenvalue weighted by Crippen LogP contribution is -2.59. The summed E-state index contributed by atoms with van der Waals surface area (Å²) in [6.07, 6.45) is -27.2. The first kappa shape index (κ1) is 62.7. The van der Waals surface area contributed by atoms with Crippen LogP contribution in [-0.2, 0) is 77.6 Å². The maximum Gasteiger partial charge on any atom is 0.303 e. The minimum atomic E-state index is -1.96. The molecule has 454 valence electrons. The van der Waals surface area contributed by atoms with Gasteiger partial charge in [-0.05, 0) is 78.0 Å². The molecule has 0 aromatic heterocycles. The smallest absolute Gasteiger partial charge is 0.303 e. The Morgan fingerprint density at radius 1 is 0.679 bits per heavy atom. The first-order chi connectivity index (χ1) is 38.0. The summed E-state index contributed by atoms with van der Waals surface area (Å²) in [6.45, 7) is 13.1. The van der Waals surface area contributed by atoms with Gasteiger partial charge in [0.05, 0.1) is 65.9 Å². The van der Waals surface area contributed by atoms with Gasteiger partial charge in [0, 0.05) is 65.0 Å². The highest BCUT2D eigenvalue weighted by atomic mass is 16.7. The highest BCUT2D eigenvalue weighted by Crippen LogP contribution is 2.46. The number of aliphatic hydroxyl groups is 7. The maximum absolute atomic E-state index is 15.0. The molecule has 0 saturated carbocycles. The third-order valence-electron chi connectivity index (χ3n) is 16.0. The maximum atomic E-state index is 15.0. The zero-order valence-electron chi connectivity index (χ0n) is 46.8. The van der Waals surface area contributed by atoms with E-state index >= 15 is 4.79 Å². The standard InChI is InChI=1S/C55H78O26/c1-20(56)44(61)50(67)52(69-10)31-13-29-11-28-12-30(77-38-18-36(75-26(7)57)51(24(5)73-38)80-37-15-33(60)45(62)21(2)70-37)14-32(59)42(28)48(65)43(29)49(66)53(31)81-40-17-34(46(63)23(4)72-40)78-39-16-35(47(64)22(3)71-39)79-41-19-55(9,68)54(25(6)74-41)76-27(8)58/h11-12,14,20-25,31,33-41,44-47,51-54,56,59-65,68H,13,15-19H2,1-10H3/t20-,21?,22?,23?,24?,25?,31+,33?,34?,35?,36?,37?,38?,39?,40?,41?,44+,45?,46?,47?,51?,52+,53+,54?,55?/m1/s1. The highest BCUT2D eigenvalue weighted by Gasteiger charge is 2.52. The van der Waals surface area contributed by atoms with Crippen molar-refractivity contribution >= 4 is 34.3 Å². The van der Waals surface area contributed by atoms with Gasteiger partial charge < -0.3 is 108 Å². The van der Waals surface area contributed by atoms with E-state index in [-0.39, 0.29) is 66.2 Å². The van der Waals surface area contributed by atoms with Gasteiger partial charge in [0.2, 0.25) is 6.29 Å². The molecule has 81 heavy (non-hydrogen) atoms. The number of rotatable bonds is 17. The van der Waals surface area contributed by atoms with Crippen LogP contribution in [-0.4, -0.2) is 223 Å². The van der Waals surface area contributed by atoms with Gasteiger partial charge in [-0.25, -0.2) is 0 Å². The molecule has 9 N–H and O–H groups in total. The van der Waals surface area contributed by atoms with Crippen molar-refractivity contribution in [1.82, 2.24) is 0 Å². The number of fused-ring (bicyclic) bond motifs is 2. The molecule has 2 aromatic carbocycles. The molecule has 0 amide bonds. The van der Waals surface area contributed by atoms with Crippen molar-refractivity contribution < 1.29 is 127 Å². The number of methoxy groups -OCH3 is 1. The second-order valence-electron chi connectivity index (χ2n) is 22.5. The molecular weight excluding hydrogens is 1080 g/mol. The van der Waals surface area contributed by atoms with Gasteiger partial charge in [0.25, 0.3) is 0 Å². The van der Waals surface area contributed by atoms with Crippen molar-refractivity contribution in [3.8, 4) is 17.2 Å². The number of phenolic OH excluding ortho intramolecular Hbond substituents is 2. The summed E-state index contributed by atoms with van der Waals surface area (Å²) >= 11 is 0. The topological polar surface area (TPSA) is 370 Å². The van der Waals surface area contributed by atoms with E-state index in [1.807, 2.05) is 0 Å². The molecule has 0 bridgehead atoms. The van der Waals surface area contributed by atoms with Gasteiger partial charge in [-0.3, -0.25) is 19.2 Å². The summed E-state index contributed by atoms with van der Waals surface area (Å²) in [5.41, 5.74) is -1.67. The van der Waals surface area contributed by atoms with Gasteiger partial charge in [-0.2, -0.15) is 0 Å². The third kappa shape index (κ3) is 13.8. The van der Waals surface area contributed by atoms with E-state index in [1.54, 1.807) is 27.7 Å². The Morgan fingerprint density at radius 3 is 1.79 bits per heavy atom. The van der Waals surface area contributed by atoms with Crippen molar-refractivity contribution in [2.75, 3.05) is 7.11 Å². The van der Waals surface area contributed by atoms with Gasteiger partial charge in [0.15, 0.2) is 42.8 Å². The summed E-state index contributed by atoms with van der Waals surface area (Å²) < 4.78 is 77.9. The Hall–Kier alpha value is -4.30. The molecule has 26 nitrogen and oxygen atoms in total. The van der Waals surface area contributed by atoms with Crippen LogP contribution in [0.3, 0.4) is 0 Å². The number of aromatic hydroxyl groups is 2. The number of Topliss-reactive ketones (excluding diaryl/α,β-unsaturated/α-hetero) is 2. The molecule has 26 heteroatoms. The summed E-state index contributed by atoms with van der Waals surface area (Å²) in [4.78, 5) is 53.0. The van der Waals surface area contributed by atoms with Crippen LogP contribution in [0.5, 0.6) is 17.2 Å². The van der Waals surface area contributed by atoms with Crippen LogP contribution < -0.4 is 4.74 Å². The third-order valence-corrected chi connectivity index (χ3v) is 16.0. The summed E-state index contributed by atoms with van der Waals surface area (Å²) in [7, 11) is 1.17. The molecule has 0 spiro atoms. The number of ketones is 2. The quantitative estimate of drug-likeness (QED) is 0.0979. The number of hydrogen-bond donors (Lipinski definition) is 9. The van der Waals surface area contributed by atoms with Crippen molar-refractivity contribution in [3.63, 3.8) is 0 Å². The van der Waals surface area contributed by atoms with E-state index in [0.717, 1.165) is 0 Å². The normalized spacial score (nSPS) is 40.4. The van der Waals surface area contributed by atoms with Crippen LogP contribution in [0.15, 0.2) is 18.2 Å². The van der Waals surface area contributed by atoms with Crippen molar-refractivity contribution in [2.24, 2.45) is 5.92 Å². The molecule has 20 unspecified atom stereocenters. The van der Waals surface area contributed by atoms with Crippen LogP contribution in [0.25, 0.3) is 10.8 Å². The zero-order chi connectivity index (χ0) is 59.3. The lowest BCUT2D eigenvalue weighted by Gasteiger charge is -2.46. The predicted molar refractivity (Wildman–Crippen MR) is 273 cm³/mol. The van der Waals surface area contributed by atoms with E-state index in [9.17, 15) is 60.3 Å². The number of benzene rings is 2. The number of carbonyl (C=O) groups excluding carboxylic acids is 4. The molecule has 5 heterocycles. The molecule has 25 atom stereocenters. The van der Waals surface area contributed by atoms with Gasteiger partial charge >= 0.3 is 11.9 Å². The van der Waals surface area contributed by atoms with E-state index in [2.05, 4.69) is 0 Å². The molecule has 6 aliphatic rings. The van der Waals surface area contributed by atoms with Gasteiger partial charge in [-0.15, -0.1) is 0 Å². The van der Waals surface area contributed by atoms with E-state index in [1.165, 1.54) is 59.9 Å².